The second kappa shape index (κ2) is 9.02. The molecule has 0 aliphatic carbocycles. The van der Waals surface area contributed by atoms with Crippen LogP contribution in [-0.4, -0.2) is 49.9 Å². The van der Waals surface area contributed by atoms with Crippen LogP contribution in [0.25, 0.3) is 21.9 Å². The number of aromatic nitrogens is 4. The number of rotatable bonds is 7. The lowest BCUT2D eigenvalue weighted by Gasteiger charge is -2.17. The summed E-state index contributed by atoms with van der Waals surface area (Å²) in [6, 6.07) is 16.1. The number of carbonyl (C=O) groups is 2. The zero-order chi connectivity index (χ0) is 25.5. The van der Waals surface area contributed by atoms with Crippen molar-refractivity contribution < 1.29 is 14.3 Å². The first kappa shape index (κ1) is 22.7. The highest BCUT2D eigenvalue weighted by Crippen LogP contribution is 2.25. The van der Waals surface area contributed by atoms with Crippen molar-refractivity contribution in [2.45, 2.75) is 19.4 Å². The van der Waals surface area contributed by atoms with Crippen LogP contribution < -0.4 is 10.3 Å². The Kier molecular flexibility index (Phi) is 5.52. The molecular formula is C28H23N5O4. The van der Waals surface area contributed by atoms with Gasteiger partial charge < -0.3 is 9.72 Å². The average Bonchev–Trinajstić information content (AvgIpc) is 3.44. The lowest BCUT2D eigenvalue weighted by Crippen LogP contribution is -2.34. The van der Waals surface area contributed by atoms with Crippen LogP contribution in [-0.2, 0) is 19.4 Å². The topological polar surface area (TPSA) is 110 Å². The number of methoxy groups -OCH3 is 1. The third kappa shape index (κ3) is 3.85. The van der Waals surface area contributed by atoms with Crippen LogP contribution in [0.2, 0.25) is 0 Å². The molecule has 0 saturated carbocycles. The number of fused-ring (bicyclic) bond motifs is 3. The fraction of sp³-hybridized carbons (Fsp3) is 0.179. The number of pyridine rings is 1. The van der Waals surface area contributed by atoms with Gasteiger partial charge in [0.25, 0.3) is 17.4 Å². The number of aromatic amines is 1. The maximum Gasteiger partial charge on any atom is 0.280 e. The van der Waals surface area contributed by atoms with Gasteiger partial charge in [0, 0.05) is 42.8 Å². The molecule has 1 aliphatic rings. The van der Waals surface area contributed by atoms with Crippen LogP contribution in [0.4, 0.5) is 0 Å². The summed E-state index contributed by atoms with van der Waals surface area (Å²) >= 11 is 0. The summed E-state index contributed by atoms with van der Waals surface area (Å²) in [6.45, 7) is 0.481. The van der Waals surface area contributed by atoms with Crippen molar-refractivity contribution in [1.82, 2.24) is 24.4 Å². The van der Waals surface area contributed by atoms with Crippen molar-refractivity contribution in [2.75, 3.05) is 13.7 Å². The number of ether oxygens (including phenoxy) is 1. The Bertz CT molecular complexity index is 1720. The Morgan fingerprint density at radius 3 is 2.46 bits per heavy atom. The molecule has 0 fully saturated rings. The van der Waals surface area contributed by atoms with Crippen LogP contribution in [0.15, 0.2) is 71.8 Å². The minimum absolute atomic E-state index is 0.120. The maximum atomic E-state index is 13.5. The molecule has 0 bridgehead atoms. The lowest BCUT2D eigenvalue weighted by atomic mass is 10.1. The molecule has 0 spiro atoms. The molecule has 37 heavy (non-hydrogen) atoms. The molecule has 1 N–H and O–H groups in total. The Labute approximate surface area is 211 Å². The number of imide groups is 1. The third-order valence-corrected chi connectivity index (χ3v) is 6.81. The number of hydrogen-bond acceptors (Lipinski definition) is 6. The summed E-state index contributed by atoms with van der Waals surface area (Å²) in [4.78, 5) is 52.6. The number of amides is 2. The standard InChI is InChI=1S/C28H23N5O4/c1-37-18-8-9-22-21(15-18)17(16-30-22)10-13-32-24(31-23-7-4-12-29-25(23)28(32)36)11-14-33-26(34)19-5-2-3-6-20(19)27(33)35/h2-9,12,15-16,30H,10-11,13-14H2,1H3. The predicted molar refractivity (Wildman–Crippen MR) is 138 cm³/mol. The highest BCUT2D eigenvalue weighted by molar-refractivity contribution is 6.21. The van der Waals surface area contributed by atoms with Gasteiger partial charge in [-0.3, -0.25) is 23.9 Å². The SMILES string of the molecule is COc1ccc2[nH]cc(CCn3c(CCN4C(=O)c5ccccc5C4=O)nc4cccnc4c3=O)c2c1. The van der Waals surface area contributed by atoms with E-state index in [2.05, 4.69) is 9.97 Å². The largest absolute Gasteiger partial charge is 0.497 e. The zero-order valence-corrected chi connectivity index (χ0v) is 20.1. The molecule has 0 radical (unpaired) electrons. The Morgan fingerprint density at radius 2 is 1.70 bits per heavy atom. The van der Waals surface area contributed by atoms with Gasteiger partial charge in [0.05, 0.1) is 23.8 Å². The molecule has 1 aliphatic heterocycles. The number of benzene rings is 2. The Morgan fingerprint density at radius 1 is 0.919 bits per heavy atom. The number of nitrogens with zero attached hydrogens (tertiary/aromatic N) is 4. The smallest absolute Gasteiger partial charge is 0.280 e. The van der Waals surface area contributed by atoms with Crippen LogP contribution in [0.3, 0.4) is 0 Å². The van der Waals surface area contributed by atoms with E-state index in [-0.39, 0.29) is 35.9 Å². The second-order valence-corrected chi connectivity index (χ2v) is 8.89. The van der Waals surface area contributed by atoms with E-state index in [0.717, 1.165) is 22.2 Å². The van der Waals surface area contributed by atoms with Crippen LogP contribution in [0, 0.1) is 0 Å². The number of H-pyrrole nitrogens is 1. The van der Waals surface area contributed by atoms with E-state index in [1.165, 1.54) is 4.90 Å². The van der Waals surface area contributed by atoms with E-state index >= 15 is 0 Å². The van der Waals surface area contributed by atoms with E-state index in [0.29, 0.717) is 35.4 Å². The lowest BCUT2D eigenvalue weighted by molar-refractivity contribution is 0.0655. The summed E-state index contributed by atoms with van der Waals surface area (Å²) in [5, 5.41) is 1.02. The number of nitrogens with one attached hydrogen (secondary N) is 1. The minimum atomic E-state index is -0.329. The molecule has 9 nitrogen and oxygen atoms in total. The van der Waals surface area contributed by atoms with Gasteiger partial charge >= 0.3 is 0 Å². The third-order valence-electron chi connectivity index (χ3n) is 6.81. The van der Waals surface area contributed by atoms with Crippen molar-refractivity contribution in [3.8, 4) is 5.75 Å². The average molecular weight is 494 g/mol. The first-order valence-corrected chi connectivity index (χ1v) is 12.0. The monoisotopic (exact) mass is 493 g/mol. The Balaban J connectivity index is 1.32. The highest BCUT2D eigenvalue weighted by atomic mass is 16.5. The van der Waals surface area contributed by atoms with Crippen LogP contribution in [0.1, 0.15) is 32.1 Å². The molecule has 184 valence electrons. The zero-order valence-electron chi connectivity index (χ0n) is 20.1. The van der Waals surface area contributed by atoms with Crippen LogP contribution in [0.5, 0.6) is 5.75 Å². The molecule has 3 aromatic heterocycles. The fourth-order valence-corrected chi connectivity index (χ4v) is 4.90. The fourth-order valence-electron chi connectivity index (χ4n) is 4.90. The molecule has 2 amide bonds. The van der Waals surface area contributed by atoms with Crippen molar-refractivity contribution in [3.63, 3.8) is 0 Å². The van der Waals surface area contributed by atoms with Crippen molar-refractivity contribution in [1.29, 1.82) is 0 Å². The molecule has 6 rings (SSSR count). The van der Waals surface area contributed by atoms with Gasteiger partial charge in [-0.15, -0.1) is 0 Å². The molecule has 0 atom stereocenters. The van der Waals surface area contributed by atoms with E-state index < -0.39 is 0 Å². The van der Waals surface area contributed by atoms with E-state index in [1.54, 1.807) is 54.3 Å². The van der Waals surface area contributed by atoms with Crippen molar-refractivity contribution in [2.24, 2.45) is 0 Å². The Hall–Kier alpha value is -4.79. The number of hydrogen-bond donors (Lipinski definition) is 1. The first-order chi connectivity index (χ1) is 18.0. The van der Waals surface area contributed by atoms with Gasteiger partial charge in [-0.2, -0.15) is 0 Å². The second-order valence-electron chi connectivity index (χ2n) is 8.89. The number of carbonyl (C=O) groups excluding carboxylic acids is 2. The summed E-state index contributed by atoms with van der Waals surface area (Å²) in [7, 11) is 1.63. The van der Waals surface area contributed by atoms with Gasteiger partial charge in [-0.05, 0) is 54.4 Å². The maximum absolute atomic E-state index is 13.5. The minimum Gasteiger partial charge on any atom is -0.497 e. The van der Waals surface area contributed by atoms with Crippen molar-refractivity contribution >= 4 is 33.8 Å². The molecular weight excluding hydrogens is 470 g/mol. The van der Waals surface area contributed by atoms with Gasteiger partial charge in [0.15, 0.2) is 5.52 Å². The van der Waals surface area contributed by atoms with Crippen LogP contribution >= 0.6 is 0 Å². The first-order valence-electron chi connectivity index (χ1n) is 12.0. The van der Waals surface area contributed by atoms with Gasteiger partial charge in [0.2, 0.25) is 0 Å². The summed E-state index contributed by atoms with van der Waals surface area (Å²) in [5.74, 6) is 0.595. The molecule has 9 heteroatoms. The van der Waals surface area contributed by atoms with E-state index in [4.69, 9.17) is 9.72 Å². The van der Waals surface area contributed by atoms with E-state index in [9.17, 15) is 14.4 Å². The normalized spacial score (nSPS) is 13.1. The van der Waals surface area contributed by atoms with Gasteiger partial charge in [0.1, 0.15) is 11.6 Å². The quantitative estimate of drug-likeness (QED) is 0.348. The molecule has 4 heterocycles. The van der Waals surface area contributed by atoms with Gasteiger partial charge in [-0.25, -0.2) is 9.97 Å². The molecule has 0 unspecified atom stereocenters. The predicted octanol–water partition coefficient (Wildman–Crippen LogP) is 3.36. The highest BCUT2D eigenvalue weighted by Gasteiger charge is 2.35. The summed E-state index contributed by atoms with van der Waals surface area (Å²) in [6.07, 6.45) is 4.31. The molecule has 0 saturated heterocycles. The molecule has 5 aromatic rings. The van der Waals surface area contributed by atoms with E-state index in [1.807, 2.05) is 24.4 Å². The van der Waals surface area contributed by atoms with Crippen molar-refractivity contribution in [3.05, 3.63) is 99.9 Å². The summed E-state index contributed by atoms with van der Waals surface area (Å²) < 4.78 is 6.97. The number of aryl methyl sites for hydroxylation is 1. The molecule has 2 aromatic carbocycles. The summed E-state index contributed by atoms with van der Waals surface area (Å²) in [5.41, 5.74) is 3.33. The van der Waals surface area contributed by atoms with Gasteiger partial charge in [-0.1, -0.05) is 12.1 Å².